The zero-order valence-electron chi connectivity index (χ0n) is 18.4. The summed E-state index contributed by atoms with van der Waals surface area (Å²) in [6.45, 7) is 3.49. The molecule has 0 aliphatic rings. The fraction of sp³-hybridized carbons (Fsp3) is 0.259. The molecule has 2 amide bonds. The first kappa shape index (κ1) is 23.1. The summed E-state index contributed by atoms with van der Waals surface area (Å²) in [5.74, 6) is 0.226. The summed E-state index contributed by atoms with van der Waals surface area (Å²) >= 11 is 0. The average molecular weight is 431 g/mol. The van der Waals surface area contributed by atoms with Crippen molar-refractivity contribution in [2.75, 3.05) is 13.1 Å². The van der Waals surface area contributed by atoms with E-state index in [2.05, 4.69) is 17.6 Å². The van der Waals surface area contributed by atoms with Crippen LogP contribution in [0.25, 0.3) is 11.1 Å². The number of hydrogen-bond donors (Lipinski definition) is 2. The summed E-state index contributed by atoms with van der Waals surface area (Å²) in [5.41, 5.74) is 3.59. The molecule has 0 saturated heterocycles. The molecule has 3 aromatic carbocycles. The van der Waals surface area contributed by atoms with Crippen LogP contribution in [0.5, 0.6) is 0 Å². The molecule has 0 aromatic heterocycles. The van der Waals surface area contributed by atoms with Gasteiger partial charge in [0.15, 0.2) is 0 Å². The van der Waals surface area contributed by atoms with E-state index in [9.17, 15) is 9.59 Å². The first-order valence-electron chi connectivity index (χ1n) is 11.0. The van der Waals surface area contributed by atoms with Crippen molar-refractivity contribution in [2.45, 2.75) is 26.4 Å². The molecule has 0 radical (unpaired) electrons. The van der Waals surface area contributed by atoms with Crippen LogP contribution in [-0.2, 0) is 11.3 Å². The van der Waals surface area contributed by atoms with Crippen LogP contribution in [0.15, 0.2) is 84.9 Å². The van der Waals surface area contributed by atoms with Crippen molar-refractivity contribution in [3.05, 3.63) is 96.1 Å². The highest BCUT2D eigenvalue weighted by Crippen LogP contribution is 2.23. The van der Waals surface area contributed by atoms with E-state index in [-0.39, 0.29) is 12.5 Å². The Kier molecular flexibility index (Phi) is 8.87. The minimum absolute atomic E-state index is 0.0704. The van der Waals surface area contributed by atoms with Crippen LogP contribution in [0.2, 0.25) is 0 Å². The van der Waals surface area contributed by atoms with Gasteiger partial charge in [-0.25, -0.2) is 4.79 Å². The maximum Gasteiger partial charge on any atom is 0.407 e. The predicted molar refractivity (Wildman–Crippen MR) is 127 cm³/mol. The highest BCUT2D eigenvalue weighted by molar-refractivity contribution is 6.00. The Labute approximate surface area is 189 Å². The van der Waals surface area contributed by atoms with Crippen LogP contribution < -0.4 is 10.6 Å². The number of nitrogens with one attached hydrogen (secondary N) is 2. The SMILES string of the molecule is C[C@@H](CCCNC(=O)OCc1ccccc1)CNC(=O)c1ccccc1-c1ccccc1. The van der Waals surface area contributed by atoms with Gasteiger partial charge < -0.3 is 15.4 Å². The van der Waals surface area contributed by atoms with Crippen molar-refractivity contribution >= 4 is 12.0 Å². The van der Waals surface area contributed by atoms with Gasteiger partial charge >= 0.3 is 6.09 Å². The van der Waals surface area contributed by atoms with E-state index in [1.165, 1.54) is 0 Å². The third-order valence-electron chi connectivity index (χ3n) is 5.22. The van der Waals surface area contributed by atoms with E-state index < -0.39 is 6.09 Å². The molecule has 3 aromatic rings. The number of hydrogen-bond acceptors (Lipinski definition) is 3. The lowest BCUT2D eigenvalue weighted by atomic mass is 9.99. The van der Waals surface area contributed by atoms with Crippen molar-refractivity contribution in [3.8, 4) is 11.1 Å². The molecule has 0 bridgehead atoms. The van der Waals surface area contributed by atoms with Crippen LogP contribution in [0.1, 0.15) is 35.7 Å². The Morgan fingerprint density at radius 2 is 1.50 bits per heavy atom. The number of amides is 2. The Hall–Kier alpha value is -3.60. The molecule has 0 heterocycles. The smallest absolute Gasteiger partial charge is 0.407 e. The van der Waals surface area contributed by atoms with Crippen LogP contribution in [0.4, 0.5) is 4.79 Å². The van der Waals surface area contributed by atoms with E-state index in [0.29, 0.717) is 24.6 Å². The summed E-state index contributed by atoms with van der Waals surface area (Å²) < 4.78 is 5.20. The van der Waals surface area contributed by atoms with E-state index >= 15 is 0 Å². The second-order valence-corrected chi connectivity index (χ2v) is 7.86. The van der Waals surface area contributed by atoms with Crippen molar-refractivity contribution < 1.29 is 14.3 Å². The number of alkyl carbamates (subject to hydrolysis) is 1. The number of carbonyl (C=O) groups excluding carboxylic acids is 2. The van der Waals surface area contributed by atoms with Crippen molar-refractivity contribution in [2.24, 2.45) is 5.92 Å². The first-order valence-corrected chi connectivity index (χ1v) is 11.0. The molecule has 2 N–H and O–H groups in total. The van der Waals surface area contributed by atoms with E-state index in [0.717, 1.165) is 29.5 Å². The molecule has 166 valence electrons. The number of carbonyl (C=O) groups is 2. The zero-order valence-corrected chi connectivity index (χ0v) is 18.4. The fourth-order valence-electron chi connectivity index (χ4n) is 3.43. The summed E-state index contributed by atoms with van der Waals surface area (Å²) in [5, 5.41) is 5.82. The van der Waals surface area contributed by atoms with Gasteiger partial charge in [-0.15, -0.1) is 0 Å². The summed E-state index contributed by atoms with van der Waals surface area (Å²) in [6, 6.07) is 27.2. The second-order valence-electron chi connectivity index (χ2n) is 7.86. The Morgan fingerprint density at radius 1 is 0.844 bits per heavy atom. The molecule has 3 rings (SSSR count). The quantitative estimate of drug-likeness (QED) is 0.422. The highest BCUT2D eigenvalue weighted by atomic mass is 16.5. The largest absolute Gasteiger partial charge is 0.445 e. The van der Waals surface area contributed by atoms with E-state index in [4.69, 9.17) is 4.74 Å². The summed E-state index contributed by atoms with van der Waals surface area (Å²) in [7, 11) is 0. The van der Waals surface area contributed by atoms with Gasteiger partial charge in [-0.2, -0.15) is 0 Å². The maximum absolute atomic E-state index is 12.8. The van der Waals surface area contributed by atoms with Crippen LogP contribution >= 0.6 is 0 Å². The summed E-state index contributed by atoms with van der Waals surface area (Å²) in [6.07, 6.45) is 1.30. The van der Waals surface area contributed by atoms with Gasteiger partial charge in [-0.05, 0) is 41.5 Å². The molecule has 5 nitrogen and oxygen atoms in total. The minimum atomic E-state index is -0.410. The standard InChI is InChI=1S/C27H30N2O3/c1-21(11-10-18-28-27(31)32-20-22-12-4-2-5-13-22)19-29-26(30)25-17-9-8-16-24(25)23-14-6-3-7-15-23/h2-9,12-17,21H,10-11,18-20H2,1H3,(H,28,31)(H,29,30)/t21-/m0/s1. The molecule has 0 fully saturated rings. The lowest BCUT2D eigenvalue weighted by Crippen LogP contribution is -2.29. The first-order chi connectivity index (χ1) is 15.6. The zero-order chi connectivity index (χ0) is 22.6. The maximum atomic E-state index is 12.8. The average Bonchev–Trinajstić information content (AvgIpc) is 2.85. The molecule has 0 spiro atoms. The van der Waals surface area contributed by atoms with Crippen LogP contribution in [0.3, 0.4) is 0 Å². The molecule has 1 atom stereocenters. The molecular formula is C27H30N2O3. The van der Waals surface area contributed by atoms with Gasteiger partial charge in [0.2, 0.25) is 0 Å². The third-order valence-corrected chi connectivity index (χ3v) is 5.22. The second kappa shape index (κ2) is 12.3. The Balaban J connectivity index is 1.36. The Bertz CT molecular complexity index is 990. The predicted octanol–water partition coefficient (Wildman–Crippen LogP) is 5.43. The highest BCUT2D eigenvalue weighted by Gasteiger charge is 2.13. The van der Waals surface area contributed by atoms with Gasteiger partial charge in [0.05, 0.1) is 0 Å². The topological polar surface area (TPSA) is 67.4 Å². The molecule has 0 unspecified atom stereocenters. The van der Waals surface area contributed by atoms with Crippen molar-refractivity contribution in [3.63, 3.8) is 0 Å². The molecule has 0 saturated carbocycles. The van der Waals surface area contributed by atoms with Crippen molar-refractivity contribution in [1.29, 1.82) is 0 Å². The molecule has 32 heavy (non-hydrogen) atoms. The summed E-state index contributed by atoms with van der Waals surface area (Å²) in [4.78, 5) is 24.6. The van der Waals surface area contributed by atoms with Crippen LogP contribution in [0, 0.1) is 5.92 Å². The van der Waals surface area contributed by atoms with Gasteiger partial charge in [0.25, 0.3) is 5.91 Å². The monoisotopic (exact) mass is 430 g/mol. The fourth-order valence-corrected chi connectivity index (χ4v) is 3.43. The van der Waals surface area contributed by atoms with E-state index in [1.807, 2.05) is 84.9 Å². The van der Waals surface area contributed by atoms with E-state index in [1.54, 1.807) is 0 Å². The number of benzene rings is 3. The van der Waals surface area contributed by atoms with Crippen LogP contribution in [-0.4, -0.2) is 25.1 Å². The molecular weight excluding hydrogens is 400 g/mol. The van der Waals surface area contributed by atoms with Gasteiger partial charge in [-0.1, -0.05) is 85.8 Å². The van der Waals surface area contributed by atoms with Gasteiger partial charge in [-0.3, -0.25) is 4.79 Å². The molecule has 0 aliphatic heterocycles. The van der Waals surface area contributed by atoms with Gasteiger partial charge in [0, 0.05) is 18.7 Å². The molecule has 0 aliphatic carbocycles. The third kappa shape index (κ3) is 7.27. The van der Waals surface area contributed by atoms with Gasteiger partial charge in [0.1, 0.15) is 6.61 Å². The normalized spacial score (nSPS) is 11.4. The minimum Gasteiger partial charge on any atom is -0.445 e. The number of ether oxygens (including phenoxy) is 1. The lowest BCUT2D eigenvalue weighted by molar-refractivity contribution is 0.0948. The van der Waals surface area contributed by atoms with Crippen molar-refractivity contribution in [1.82, 2.24) is 10.6 Å². The number of rotatable bonds is 10. The lowest BCUT2D eigenvalue weighted by Gasteiger charge is -2.15. The molecule has 5 heteroatoms. The Morgan fingerprint density at radius 3 is 2.25 bits per heavy atom.